The fraction of sp³-hybridized carbons (Fsp3) is 0.444. The summed E-state index contributed by atoms with van der Waals surface area (Å²) in [5, 5.41) is 1.15. The molecule has 0 N–H and O–H groups in total. The van der Waals surface area contributed by atoms with Gasteiger partial charge in [-0.25, -0.2) is 9.97 Å². The van der Waals surface area contributed by atoms with E-state index >= 15 is 0 Å². The van der Waals surface area contributed by atoms with Crippen LogP contribution in [0.4, 0.5) is 0 Å². The van der Waals surface area contributed by atoms with E-state index in [-0.39, 0.29) is 5.91 Å². The highest BCUT2D eigenvalue weighted by atomic mass is 127. The molecule has 6 nitrogen and oxygen atoms in total. The van der Waals surface area contributed by atoms with E-state index in [2.05, 4.69) is 60.8 Å². The van der Waals surface area contributed by atoms with Crippen molar-refractivity contribution in [3.8, 4) is 11.5 Å². The van der Waals surface area contributed by atoms with Gasteiger partial charge >= 0.3 is 0 Å². The molecule has 4 heterocycles. The first-order chi connectivity index (χ1) is 16.5. The second-order valence-corrected chi connectivity index (χ2v) is 11.8. The zero-order valence-corrected chi connectivity index (χ0v) is 21.6. The number of amides is 1. The average Bonchev–Trinajstić information content (AvgIpc) is 3.74. The number of carbonyl (C=O) groups excluding carboxylic acids is 1. The van der Waals surface area contributed by atoms with Crippen LogP contribution in [0.5, 0.6) is 0 Å². The van der Waals surface area contributed by atoms with Crippen molar-refractivity contribution in [1.82, 2.24) is 24.0 Å². The topological polar surface area (TPSA) is 56.0 Å². The maximum absolute atomic E-state index is 13.4. The smallest absolute Gasteiger partial charge is 0.253 e. The summed E-state index contributed by atoms with van der Waals surface area (Å²) in [4.78, 5) is 25.3. The van der Waals surface area contributed by atoms with Crippen LogP contribution < -0.4 is 0 Å². The number of hydrogen-bond acceptors (Lipinski definition) is 3. The summed E-state index contributed by atoms with van der Waals surface area (Å²) in [6, 6.07) is 10.4. The van der Waals surface area contributed by atoms with Gasteiger partial charge in [0.25, 0.3) is 5.91 Å². The minimum absolute atomic E-state index is 0.157. The normalized spacial score (nSPS) is 19.4. The van der Waals surface area contributed by atoms with E-state index < -0.39 is 0 Å². The van der Waals surface area contributed by atoms with E-state index in [1.165, 1.54) is 32.1 Å². The molecule has 0 bridgehead atoms. The SMILES string of the molecule is Cn1c(-c2cc3cccnc3n2CC2CC2)nc2cc(C(=O)N3CCCC4(CC4)C3)cc(I)c21. The van der Waals surface area contributed by atoms with Gasteiger partial charge in [0.15, 0.2) is 5.82 Å². The van der Waals surface area contributed by atoms with Gasteiger partial charge in [-0.3, -0.25) is 4.79 Å². The van der Waals surface area contributed by atoms with Crippen molar-refractivity contribution in [3.05, 3.63) is 45.7 Å². The number of likely N-dealkylation sites (tertiary alicyclic amines) is 1. The zero-order chi connectivity index (χ0) is 23.0. The number of imidazole rings is 1. The Bertz CT molecular complexity index is 1460. The van der Waals surface area contributed by atoms with Crippen LogP contribution in [0.15, 0.2) is 36.5 Å². The Balaban J connectivity index is 1.31. The molecule has 1 saturated heterocycles. The first kappa shape index (κ1) is 20.9. The third-order valence-corrected chi connectivity index (χ3v) is 8.92. The minimum Gasteiger partial charge on any atom is -0.338 e. The van der Waals surface area contributed by atoms with Gasteiger partial charge in [0.2, 0.25) is 0 Å². The number of piperidine rings is 1. The van der Waals surface area contributed by atoms with Gasteiger partial charge in [0.05, 0.1) is 16.7 Å². The number of fused-ring (bicyclic) bond motifs is 2. The monoisotopic (exact) mass is 565 g/mol. The highest BCUT2D eigenvalue weighted by molar-refractivity contribution is 14.1. The van der Waals surface area contributed by atoms with Crippen LogP contribution in [0, 0.1) is 14.9 Å². The van der Waals surface area contributed by atoms with Crippen LogP contribution in [0.25, 0.3) is 33.6 Å². The molecular weight excluding hydrogens is 537 g/mol. The van der Waals surface area contributed by atoms with Crippen molar-refractivity contribution >= 4 is 50.6 Å². The van der Waals surface area contributed by atoms with E-state index in [4.69, 9.17) is 4.98 Å². The number of rotatable bonds is 4. The molecule has 1 aliphatic heterocycles. The molecule has 3 fully saturated rings. The molecular formula is C27H28IN5O. The number of aryl methyl sites for hydroxylation is 1. The maximum atomic E-state index is 13.4. The van der Waals surface area contributed by atoms with E-state index in [9.17, 15) is 4.79 Å². The molecule has 3 aliphatic rings. The number of carbonyl (C=O) groups is 1. The molecule has 3 aromatic heterocycles. The highest BCUT2D eigenvalue weighted by Crippen LogP contribution is 2.52. The van der Waals surface area contributed by atoms with Crippen molar-refractivity contribution in [2.45, 2.75) is 45.1 Å². The molecule has 4 aromatic rings. The summed E-state index contributed by atoms with van der Waals surface area (Å²) < 4.78 is 5.60. The second-order valence-electron chi connectivity index (χ2n) is 10.7. The Kier molecular flexibility index (Phi) is 4.64. The van der Waals surface area contributed by atoms with Gasteiger partial charge in [-0.2, -0.15) is 0 Å². The van der Waals surface area contributed by atoms with Gasteiger partial charge in [0.1, 0.15) is 5.65 Å². The number of hydrogen-bond donors (Lipinski definition) is 0. The van der Waals surface area contributed by atoms with Crippen molar-refractivity contribution in [2.75, 3.05) is 13.1 Å². The lowest BCUT2D eigenvalue weighted by Gasteiger charge is -2.33. The lowest BCUT2D eigenvalue weighted by molar-refractivity contribution is 0.0654. The van der Waals surface area contributed by atoms with Gasteiger partial charge in [0, 0.05) is 47.4 Å². The molecule has 1 amide bonds. The van der Waals surface area contributed by atoms with Crippen LogP contribution in [-0.2, 0) is 13.6 Å². The molecule has 34 heavy (non-hydrogen) atoms. The molecule has 2 aliphatic carbocycles. The Morgan fingerprint density at radius 2 is 2.06 bits per heavy atom. The van der Waals surface area contributed by atoms with Gasteiger partial charge in [-0.15, -0.1) is 0 Å². The fourth-order valence-electron chi connectivity index (χ4n) is 5.81. The lowest BCUT2D eigenvalue weighted by atomic mass is 9.94. The fourth-order valence-corrected chi connectivity index (χ4v) is 6.79. The second kappa shape index (κ2) is 7.54. The quantitative estimate of drug-likeness (QED) is 0.302. The molecule has 0 atom stereocenters. The number of nitrogens with zero attached hydrogens (tertiary/aromatic N) is 5. The Hall–Kier alpha value is -2.42. The van der Waals surface area contributed by atoms with E-state index in [1.807, 2.05) is 24.4 Å². The van der Waals surface area contributed by atoms with Gasteiger partial charge < -0.3 is 14.0 Å². The summed E-state index contributed by atoms with van der Waals surface area (Å²) in [7, 11) is 2.09. The molecule has 0 unspecified atom stereocenters. The molecule has 7 heteroatoms. The molecule has 1 aromatic carbocycles. The Morgan fingerprint density at radius 3 is 2.85 bits per heavy atom. The molecule has 1 spiro atoms. The molecule has 7 rings (SSSR count). The Morgan fingerprint density at radius 1 is 1.21 bits per heavy atom. The van der Waals surface area contributed by atoms with Crippen LogP contribution in [0.3, 0.4) is 0 Å². The number of benzene rings is 1. The first-order valence-electron chi connectivity index (χ1n) is 12.4. The molecule has 2 saturated carbocycles. The van der Waals surface area contributed by atoms with E-state index in [1.54, 1.807) is 0 Å². The van der Waals surface area contributed by atoms with Crippen molar-refractivity contribution in [1.29, 1.82) is 0 Å². The van der Waals surface area contributed by atoms with E-state index in [0.29, 0.717) is 5.41 Å². The lowest BCUT2D eigenvalue weighted by Crippen LogP contribution is -2.40. The maximum Gasteiger partial charge on any atom is 0.253 e. The van der Waals surface area contributed by atoms with Gasteiger partial charge in [-0.1, -0.05) is 0 Å². The van der Waals surface area contributed by atoms with Crippen molar-refractivity contribution in [3.63, 3.8) is 0 Å². The van der Waals surface area contributed by atoms with Crippen LogP contribution in [0.1, 0.15) is 48.9 Å². The summed E-state index contributed by atoms with van der Waals surface area (Å²) in [6.45, 7) is 2.77. The van der Waals surface area contributed by atoms with Crippen LogP contribution in [-0.4, -0.2) is 43.0 Å². The summed E-state index contributed by atoms with van der Waals surface area (Å²) in [6.07, 6.45) is 9.41. The Labute approximate surface area is 212 Å². The largest absolute Gasteiger partial charge is 0.338 e. The zero-order valence-electron chi connectivity index (χ0n) is 19.4. The summed E-state index contributed by atoms with van der Waals surface area (Å²) in [5.41, 5.74) is 5.30. The first-order valence-corrected chi connectivity index (χ1v) is 13.5. The van der Waals surface area contributed by atoms with Crippen LogP contribution >= 0.6 is 22.6 Å². The van der Waals surface area contributed by atoms with Crippen LogP contribution in [0.2, 0.25) is 0 Å². The number of aromatic nitrogens is 4. The third kappa shape index (κ3) is 3.38. The predicted octanol–water partition coefficient (Wildman–Crippen LogP) is 5.62. The average molecular weight is 565 g/mol. The minimum atomic E-state index is 0.157. The summed E-state index contributed by atoms with van der Waals surface area (Å²) in [5.74, 6) is 1.82. The highest BCUT2D eigenvalue weighted by Gasteiger charge is 2.46. The third-order valence-electron chi connectivity index (χ3n) is 8.10. The van der Waals surface area contributed by atoms with Crippen molar-refractivity contribution < 1.29 is 4.79 Å². The van der Waals surface area contributed by atoms with E-state index in [0.717, 1.165) is 74.7 Å². The summed E-state index contributed by atoms with van der Waals surface area (Å²) >= 11 is 2.37. The van der Waals surface area contributed by atoms with Gasteiger partial charge in [-0.05, 0) is 103 Å². The number of halogens is 1. The molecule has 0 radical (unpaired) electrons. The number of pyridine rings is 1. The molecule has 174 valence electrons. The van der Waals surface area contributed by atoms with Crippen molar-refractivity contribution in [2.24, 2.45) is 18.4 Å². The standard InChI is InChI=1S/C27H28IN5O/c1-31-23-20(28)12-19(26(34)32-11-3-7-27(16-32)8-9-27)13-21(23)30-25(31)22-14-18-4-2-10-29-24(18)33(22)15-17-5-6-17/h2,4,10,12-14,17H,3,5-9,11,15-16H2,1H3. The predicted molar refractivity (Wildman–Crippen MR) is 142 cm³/mol.